The van der Waals surface area contributed by atoms with Crippen molar-refractivity contribution in [1.29, 1.82) is 0 Å². The summed E-state index contributed by atoms with van der Waals surface area (Å²) in [5.41, 5.74) is 1.30. The van der Waals surface area contributed by atoms with Gasteiger partial charge < -0.3 is 20.1 Å². The van der Waals surface area contributed by atoms with Crippen LogP contribution in [0.3, 0.4) is 0 Å². The minimum Gasteiger partial charge on any atom is -0.492 e. The third-order valence-corrected chi connectivity index (χ3v) is 6.26. The third-order valence-electron chi connectivity index (χ3n) is 6.26. The van der Waals surface area contributed by atoms with Gasteiger partial charge in [-0.1, -0.05) is 18.6 Å². The van der Waals surface area contributed by atoms with Crippen molar-refractivity contribution in [1.82, 2.24) is 20.4 Å². The Bertz CT molecular complexity index is 682. The lowest BCUT2D eigenvalue weighted by Gasteiger charge is -2.41. The van der Waals surface area contributed by atoms with Crippen molar-refractivity contribution in [2.75, 3.05) is 66.1 Å². The van der Waals surface area contributed by atoms with Crippen molar-refractivity contribution in [3.05, 3.63) is 29.8 Å². The highest BCUT2D eigenvalue weighted by Crippen LogP contribution is 2.19. The molecular weight excluding hydrogens is 390 g/mol. The molecule has 0 bridgehead atoms. The number of ether oxygens (including phenoxy) is 2. The van der Waals surface area contributed by atoms with Crippen LogP contribution in [0.4, 0.5) is 0 Å². The topological polar surface area (TPSA) is 61.4 Å². The van der Waals surface area contributed by atoms with E-state index in [2.05, 4.69) is 57.5 Å². The first-order chi connectivity index (χ1) is 15.1. The molecule has 0 atom stereocenters. The second-order valence-corrected chi connectivity index (χ2v) is 9.09. The van der Waals surface area contributed by atoms with Crippen molar-refractivity contribution in [3.8, 4) is 5.75 Å². The molecule has 2 aliphatic rings. The Morgan fingerprint density at radius 1 is 1.10 bits per heavy atom. The molecule has 7 heteroatoms. The number of piperidine rings is 1. The van der Waals surface area contributed by atoms with E-state index in [0.29, 0.717) is 13.2 Å². The van der Waals surface area contributed by atoms with Crippen molar-refractivity contribution in [2.45, 2.75) is 45.2 Å². The van der Waals surface area contributed by atoms with Gasteiger partial charge in [0.2, 0.25) is 0 Å². The molecule has 2 aliphatic heterocycles. The normalized spacial score (nSPS) is 19.3. The highest BCUT2D eigenvalue weighted by atomic mass is 16.5. The molecule has 2 fully saturated rings. The van der Waals surface area contributed by atoms with Crippen LogP contribution >= 0.6 is 0 Å². The highest BCUT2D eigenvalue weighted by Gasteiger charge is 2.27. The highest BCUT2D eigenvalue weighted by molar-refractivity contribution is 5.79. The molecular formula is C24H41N5O2. The number of rotatable bonds is 9. The average Bonchev–Trinajstić information content (AvgIpc) is 2.81. The molecule has 7 nitrogen and oxygen atoms in total. The van der Waals surface area contributed by atoms with Gasteiger partial charge >= 0.3 is 0 Å². The number of hydrogen-bond acceptors (Lipinski definition) is 5. The predicted molar refractivity (Wildman–Crippen MR) is 127 cm³/mol. The Hall–Kier alpha value is -1.83. The molecule has 2 heterocycles. The first-order valence-electron chi connectivity index (χ1n) is 11.8. The average molecular weight is 432 g/mol. The van der Waals surface area contributed by atoms with Crippen LogP contribution in [-0.2, 0) is 11.3 Å². The van der Waals surface area contributed by atoms with Crippen LogP contribution in [0.15, 0.2) is 29.3 Å². The molecule has 2 saturated heterocycles. The summed E-state index contributed by atoms with van der Waals surface area (Å²) in [6.45, 7) is 13.9. The Labute approximate surface area is 188 Å². The fourth-order valence-corrected chi connectivity index (χ4v) is 4.18. The zero-order chi connectivity index (χ0) is 21.9. The van der Waals surface area contributed by atoms with Gasteiger partial charge in [-0.05, 0) is 57.5 Å². The van der Waals surface area contributed by atoms with Gasteiger partial charge in [0.15, 0.2) is 5.96 Å². The summed E-state index contributed by atoms with van der Waals surface area (Å²) in [5, 5.41) is 6.95. The zero-order valence-corrected chi connectivity index (χ0v) is 19.7. The molecule has 0 saturated carbocycles. The molecule has 2 N–H and O–H groups in total. The minimum atomic E-state index is 0.117. The molecule has 31 heavy (non-hydrogen) atoms. The summed E-state index contributed by atoms with van der Waals surface area (Å²) in [4.78, 5) is 9.38. The predicted octanol–water partition coefficient (Wildman–Crippen LogP) is 2.33. The maximum Gasteiger partial charge on any atom is 0.191 e. The number of guanidine groups is 1. The maximum atomic E-state index is 5.98. The number of nitrogens with zero attached hydrogens (tertiary/aromatic N) is 3. The van der Waals surface area contributed by atoms with E-state index in [1.807, 2.05) is 13.1 Å². The molecule has 0 spiro atoms. The number of likely N-dealkylation sites (tertiary alicyclic amines) is 1. The molecule has 0 aromatic heterocycles. The van der Waals surface area contributed by atoms with Crippen molar-refractivity contribution in [2.24, 2.45) is 4.99 Å². The molecule has 0 unspecified atom stereocenters. The summed E-state index contributed by atoms with van der Waals surface area (Å²) in [6, 6.07) is 8.30. The van der Waals surface area contributed by atoms with E-state index in [1.54, 1.807) is 0 Å². The molecule has 3 rings (SSSR count). The Morgan fingerprint density at radius 3 is 2.61 bits per heavy atom. The summed E-state index contributed by atoms with van der Waals surface area (Å²) < 4.78 is 11.4. The SMILES string of the molecule is CN=C(NCc1cccc(OCCN2CCOCC2)c1)NCC(C)(C)N1CCCCC1. The van der Waals surface area contributed by atoms with Crippen LogP contribution in [0.2, 0.25) is 0 Å². The monoisotopic (exact) mass is 431 g/mol. The number of aliphatic imine (C=N–C) groups is 1. The van der Waals surface area contributed by atoms with E-state index < -0.39 is 0 Å². The van der Waals surface area contributed by atoms with E-state index in [9.17, 15) is 0 Å². The Balaban J connectivity index is 1.41. The van der Waals surface area contributed by atoms with Crippen LogP contribution in [-0.4, -0.2) is 87.4 Å². The molecule has 1 aromatic carbocycles. The van der Waals surface area contributed by atoms with E-state index in [1.165, 1.54) is 37.9 Å². The minimum absolute atomic E-state index is 0.117. The van der Waals surface area contributed by atoms with Crippen LogP contribution < -0.4 is 15.4 Å². The summed E-state index contributed by atoms with van der Waals surface area (Å²) in [7, 11) is 1.83. The largest absolute Gasteiger partial charge is 0.492 e. The molecule has 0 aliphatic carbocycles. The van der Waals surface area contributed by atoms with Gasteiger partial charge in [-0.25, -0.2) is 0 Å². The lowest BCUT2D eigenvalue weighted by atomic mass is 9.98. The zero-order valence-electron chi connectivity index (χ0n) is 19.7. The quantitative estimate of drug-likeness (QED) is 0.462. The van der Waals surface area contributed by atoms with Gasteiger partial charge in [-0.15, -0.1) is 0 Å². The Morgan fingerprint density at radius 2 is 1.87 bits per heavy atom. The van der Waals surface area contributed by atoms with Crippen LogP contribution in [0.25, 0.3) is 0 Å². The van der Waals surface area contributed by atoms with Crippen molar-refractivity contribution < 1.29 is 9.47 Å². The van der Waals surface area contributed by atoms with Gasteiger partial charge in [0.25, 0.3) is 0 Å². The number of hydrogen-bond donors (Lipinski definition) is 2. The van der Waals surface area contributed by atoms with Crippen LogP contribution in [0.5, 0.6) is 5.75 Å². The fourth-order valence-electron chi connectivity index (χ4n) is 4.18. The van der Waals surface area contributed by atoms with E-state index in [0.717, 1.165) is 51.1 Å². The first-order valence-corrected chi connectivity index (χ1v) is 11.8. The van der Waals surface area contributed by atoms with Crippen molar-refractivity contribution in [3.63, 3.8) is 0 Å². The lowest BCUT2D eigenvalue weighted by molar-refractivity contribution is 0.0322. The molecule has 174 valence electrons. The molecule has 0 amide bonds. The second-order valence-electron chi connectivity index (χ2n) is 9.09. The van der Waals surface area contributed by atoms with Gasteiger partial charge in [0, 0.05) is 45.3 Å². The summed E-state index contributed by atoms with van der Waals surface area (Å²) in [5.74, 6) is 1.76. The maximum absolute atomic E-state index is 5.98. The van der Waals surface area contributed by atoms with E-state index in [4.69, 9.17) is 9.47 Å². The summed E-state index contributed by atoms with van der Waals surface area (Å²) >= 11 is 0. The van der Waals surface area contributed by atoms with Gasteiger partial charge in [0.05, 0.1) is 13.2 Å². The fraction of sp³-hybridized carbons (Fsp3) is 0.708. The molecule has 1 aromatic rings. The van der Waals surface area contributed by atoms with Gasteiger partial charge in [-0.2, -0.15) is 0 Å². The number of benzene rings is 1. The lowest BCUT2D eigenvalue weighted by Crippen LogP contribution is -2.54. The van der Waals surface area contributed by atoms with Gasteiger partial charge in [0.1, 0.15) is 12.4 Å². The molecule has 0 radical (unpaired) electrons. The van der Waals surface area contributed by atoms with Crippen LogP contribution in [0.1, 0.15) is 38.7 Å². The van der Waals surface area contributed by atoms with E-state index >= 15 is 0 Å². The Kier molecular flexibility index (Phi) is 9.43. The summed E-state index contributed by atoms with van der Waals surface area (Å²) in [6.07, 6.45) is 3.97. The van der Waals surface area contributed by atoms with Crippen molar-refractivity contribution >= 4 is 5.96 Å². The van der Waals surface area contributed by atoms with Crippen LogP contribution in [0, 0.1) is 0 Å². The first kappa shape index (κ1) is 23.8. The van der Waals surface area contributed by atoms with E-state index in [-0.39, 0.29) is 5.54 Å². The van der Waals surface area contributed by atoms with Gasteiger partial charge in [-0.3, -0.25) is 14.8 Å². The second kappa shape index (κ2) is 12.3. The number of morpholine rings is 1. The smallest absolute Gasteiger partial charge is 0.191 e. The number of nitrogens with one attached hydrogen (secondary N) is 2. The standard InChI is InChI=1S/C24H41N5O2/c1-24(2,29-10-5-4-6-11-29)20-27-23(25-3)26-19-21-8-7-9-22(18-21)31-17-14-28-12-15-30-16-13-28/h7-9,18H,4-6,10-17,19-20H2,1-3H3,(H2,25,26,27). The third kappa shape index (κ3) is 7.98.